The Labute approximate surface area is 179 Å². The molecule has 1 aromatic carbocycles. The lowest BCUT2D eigenvalue weighted by molar-refractivity contribution is -0.140. The SMILES string of the molecule is CN1C(=O)C=C[C@]2(C)[C@H]3CC[C@]4(C)[C@@H](O)[C@H](Cc5ccccc5F)C[C@H]4[C@@H]3CC[C@@H]12. The molecule has 0 unspecified atom stereocenters. The van der Waals surface area contributed by atoms with Gasteiger partial charge in [0.25, 0.3) is 0 Å². The first-order valence-electron chi connectivity index (χ1n) is 11.6. The Morgan fingerprint density at radius 2 is 1.93 bits per heavy atom. The largest absolute Gasteiger partial charge is 0.392 e. The number of fused-ring (bicyclic) bond motifs is 5. The maximum absolute atomic E-state index is 14.3. The van der Waals surface area contributed by atoms with Crippen molar-refractivity contribution in [3.8, 4) is 0 Å². The molecular weight excluding hydrogens is 377 g/mol. The highest BCUT2D eigenvalue weighted by atomic mass is 19.1. The molecule has 8 atom stereocenters. The van der Waals surface area contributed by atoms with E-state index in [2.05, 4.69) is 19.9 Å². The summed E-state index contributed by atoms with van der Waals surface area (Å²) < 4.78 is 14.3. The molecule has 4 heteroatoms. The highest BCUT2D eigenvalue weighted by molar-refractivity contribution is 5.89. The first kappa shape index (κ1) is 20.2. The molecule has 3 saturated carbocycles. The molecule has 1 N–H and O–H groups in total. The molecule has 1 aromatic rings. The number of carbonyl (C=O) groups is 1. The van der Waals surface area contributed by atoms with Gasteiger partial charge in [-0.05, 0) is 85.3 Å². The van der Waals surface area contributed by atoms with E-state index in [9.17, 15) is 14.3 Å². The third-order valence-electron chi connectivity index (χ3n) is 9.68. The van der Waals surface area contributed by atoms with Crippen molar-refractivity contribution in [1.82, 2.24) is 4.90 Å². The molecule has 0 radical (unpaired) electrons. The quantitative estimate of drug-likeness (QED) is 0.773. The summed E-state index contributed by atoms with van der Waals surface area (Å²) in [6.45, 7) is 4.62. The lowest BCUT2D eigenvalue weighted by Gasteiger charge is -2.60. The molecule has 30 heavy (non-hydrogen) atoms. The van der Waals surface area contributed by atoms with Crippen LogP contribution in [0, 0.1) is 40.3 Å². The van der Waals surface area contributed by atoms with Crippen LogP contribution in [0.1, 0.15) is 51.5 Å². The molecule has 0 spiro atoms. The van der Waals surface area contributed by atoms with E-state index in [-0.39, 0.29) is 40.6 Å². The number of nitrogens with zero attached hydrogens (tertiary/aromatic N) is 1. The van der Waals surface area contributed by atoms with Crippen molar-refractivity contribution in [2.24, 2.45) is 34.5 Å². The normalized spacial score (nSPS) is 45.1. The summed E-state index contributed by atoms with van der Waals surface area (Å²) in [7, 11) is 1.95. The van der Waals surface area contributed by atoms with E-state index in [0.717, 1.165) is 37.7 Å². The molecule has 3 fully saturated rings. The molecule has 5 rings (SSSR count). The second-order valence-electron chi connectivity index (χ2n) is 10.9. The van der Waals surface area contributed by atoms with Gasteiger partial charge >= 0.3 is 0 Å². The fraction of sp³-hybridized carbons (Fsp3) is 0.654. The van der Waals surface area contributed by atoms with E-state index in [1.54, 1.807) is 12.1 Å². The summed E-state index contributed by atoms with van der Waals surface area (Å²) in [6, 6.07) is 7.28. The summed E-state index contributed by atoms with van der Waals surface area (Å²) in [5.74, 6) is 1.66. The minimum absolute atomic E-state index is 0.0154. The van der Waals surface area contributed by atoms with E-state index in [0.29, 0.717) is 24.2 Å². The van der Waals surface area contributed by atoms with Gasteiger partial charge in [-0.15, -0.1) is 0 Å². The number of carbonyl (C=O) groups excluding carboxylic acids is 1. The fourth-order valence-electron chi connectivity index (χ4n) is 8.03. The van der Waals surface area contributed by atoms with Gasteiger partial charge in [-0.1, -0.05) is 38.1 Å². The van der Waals surface area contributed by atoms with Crippen LogP contribution in [0.4, 0.5) is 4.39 Å². The van der Waals surface area contributed by atoms with Gasteiger partial charge in [-0.2, -0.15) is 0 Å². The molecular formula is C26H34FNO2. The number of aliphatic hydroxyl groups is 1. The predicted octanol–water partition coefficient (Wildman–Crippen LogP) is 4.59. The number of halogens is 1. The summed E-state index contributed by atoms with van der Waals surface area (Å²) in [6.07, 6.45) is 9.46. The molecule has 3 aliphatic carbocycles. The second-order valence-corrected chi connectivity index (χ2v) is 10.9. The standard InChI is InChI=1S/C26H34FNO2/c1-25-13-11-23(29)28(3)22(25)9-8-18-19(25)10-12-26(2)20(18)15-17(24(26)30)14-16-6-4-5-7-21(16)27/h4-7,11,13,17-20,22,24,30H,8-10,12,14-15H2,1-3H3/t17-,18-,19+,20+,22-,24+,25-,26+/m1/s1. The maximum Gasteiger partial charge on any atom is 0.246 e. The highest BCUT2D eigenvalue weighted by Gasteiger charge is 2.62. The Morgan fingerprint density at radius 1 is 1.17 bits per heavy atom. The average Bonchev–Trinajstić information content (AvgIpc) is 2.98. The van der Waals surface area contributed by atoms with Crippen LogP contribution >= 0.6 is 0 Å². The number of hydrogen-bond acceptors (Lipinski definition) is 2. The van der Waals surface area contributed by atoms with E-state index >= 15 is 0 Å². The van der Waals surface area contributed by atoms with Crippen LogP contribution in [0.3, 0.4) is 0 Å². The molecule has 1 aliphatic heterocycles. The van der Waals surface area contributed by atoms with E-state index in [1.807, 2.05) is 24.1 Å². The number of likely N-dealkylation sites (N-methyl/N-ethyl adjacent to an activating group) is 1. The highest BCUT2D eigenvalue weighted by Crippen LogP contribution is 2.65. The number of rotatable bonds is 2. The van der Waals surface area contributed by atoms with Crippen molar-refractivity contribution < 1.29 is 14.3 Å². The first-order valence-corrected chi connectivity index (χ1v) is 11.6. The van der Waals surface area contributed by atoms with Crippen LogP contribution in [0.5, 0.6) is 0 Å². The van der Waals surface area contributed by atoms with Crippen LogP contribution in [0.25, 0.3) is 0 Å². The van der Waals surface area contributed by atoms with Crippen molar-refractivity contribution in [2.75, 3.05) is 7.05 Å². The second kappa shape index (κ2) is 6.91. The molecule has 3 nitrogen and oxygen atoms in total. The molecule has 0 bridgehead atoms. The van der Waals surface area contributed by atoms with Gasteiger partial charge in [0.15, 0.2) is 0 Å². The zero-order chi connectivity index (χ0) is 21.3. The topological polar surface area (TPSA) is 40.5 Å². The minimum atomic E-state index is -0.375. The predicted molar refractivity (Wildman–Crippen MR) is 115 cm³/mol. The van der Waals surface area contributed by atoms with Gasteiger partial charge in [0.05, 0.1) is 6.10 Å². The van der Waals surface area contributed by atoms with Crippen molar-refractivity contribution in [1.29, 1.82) is 0 Å². The van der Waals surface area contributed by atoms with Crippen molar-refractivity contribution >= 4 is 5.91 Å². The number of amides is 1. The minimum Gasteiger partial charge on any atom is -0.392 e. The first-order chi connectivity index (χ1) is 14.3. The lowest BCUT2D eigenvalue weighted by Crippen LogP contribution is -2.59. The molecule has 0 saturated heterocycles. The Kier molecular flexibility index (Phi) is 4.66. The summed E-state index contributed by atoms with van der Waals surface area (Å²) >= 11 is 0. The van der Waals surface area contributed by atoms with Gasteiger partial charge in [0.1, 0.15) is 5.82 Å². The third-order valence-corrected chi connectivity index (χ3v) is 9.68. The van der Waals surface area contributed by atoms with Crippen LogP contribution in [-0.4, -0.2) is 35.1 Å². The van der Waals surface area contributed by atoms with Crippen molar-refractivity contribution in [3.63, 3.8) is 0 Å². The summed E-state index contributed by atoms with van der Waals surface area (Å²) in [4.78, 5) is 14.2. The lowest BCUT2D eigenvalue weighted by atomic mass is 9.48. The van der Waals surface area contributed by atoms with Gasteiger partial charge in [0, 0.05) is 18.5 Å². The van der Waals surface area contributed by atoms with Crippen molar-refractivity contribution in [3.05, 3.63) is 47.8 Å². The van der Waals surface area contributed by atoms with Gasteiger partial charge in [-0.25, -0.2) is 4.39 Å². The van der Waals surface area contributed by atoms with Crippen LogP contribution in [0.2, 0.25) is 0 Å². The fourth-order valence-corrected chi connectivity index (χ4v) is 8.03. The Morgan fingerprint density at radius 3 is 2.70 bits per heavy atom. The summed E-state index contributed by atoms with van der Waals surface area (Å²) in [5.41, 5.74) is 0.661. The Hall–Kier alpha value is -1.68. The molecule has 1 heterocycles. The van der Waals surface area contributed by atoms with E-state index in [4.69, 9.17) is 0 Å². The molecule has 0 aromatic heterocycles. The van der Waals surface area contributed by atoms with Crippen LogP contribution < -0.4 is 0 Å². The van der Waals surface area contributed by atoms with Gasteiger partial charge < -0.3 is 10.0 Å². The number of hydrogen-bond donors (Lipinski definition) is 1. The number of benzene rings is 1. The van der Waals surface area contributed by atoms with E-state index < -0.39 is 0 Å². The zero-order valence-electron chi connectivity index (χ0n) is 18.4. The molecule has 4 aliphatic rings. The smallest absolute Gasteiger partial charge is 0.246 e. The molecule has 162 valence electrons. The maximum atomic E-state index is 14.3. The number of aliphatic hydroxyl groups excluding tert-OH is 1. The van der Waals surface area contributed by atoms with Gasteiger partial charge in [0.2, 0.25) is 5.91 Å². The molecule has 1 amide bonds. The third kappa shape index (κ3) is 2.75. The van der Waals surface area contributed by atoms with Crippen LogP contribution in [0.15, 0.2) is 36.4 Å². The van der Waals surface area contributed by atoms with Gasteiger partial charge in [-0.3, -0.25) is 4.79 Å². The Bertz CT molecular complexity index is 884. The van der Waals surface area contributed by atoms with E-state index in [1.165, 1.54) is 6.07 Å². The zero-order valence-corrected chi connectivity index (χ0v) is 18.4. The Balaban J connectivity index is 1.43. The monoisotopic (exact) mass is 411 g/mol. The summed E-state index contributed by atoms with van der Waals surface area (Å²) in [5, 5.41) is 11.4. The van der Waals surface area contributed by atoms with Crippen LogP contribution in [-0.2, 0) is 11.2 Å². The average molecular weight is 412 g/mol. The van der Waals surface area contributed by atoms with Crippen molar-refractivity contribution in [2.45, 2.75) is 64.5 Å².